The van der Waals surface area contributed by atoms with E-state index in [0.717, 1.165) is 39.4 Å². The minimum Gasteiger partial charge on any atom is -0.370 e. The van der Waals surface area contributed by atoms with Gasteiger partial charge in [-0.15, -0.1) is 0 Å². The van der Waals surface area contributed by atoms with Crippen LogP contribution in [0.2, 0.25) is 5.02 Å². The molecule has 0 atom stereocenters. The van der Waals surface area contributed by atoms with Gasteiger partial charge in [-0.05, 0) is 36.8 Å². The summed E-state index contributed by atoms with van der Waals surface area (Å²) in [4.78, 5) is 13.9. The molecule has 140 valence electrons. The Hall–Kier alpha value is -3.43. The number of aromatic nitrogens is 1. The second-order valence-corrected chi connectivity index (χ2v) is 6.66. The van der Waals surface area contributed by atoms with Crippen LogP contribution in [0, 0.1) is 18.3 Å². The summed E-state index contributed by atoms with van der Waals surface area (Å²) >= 11 is 6.23. The van der Waals surface area contributed by atoms with Gasteiger partial charge in [0.25, 0.3) is 0 Å². The van der Waals surface area contributed by atoms with Crippen LogP contribution >= 0.6 is 11.6 Å². The van der Waals surface area contributed by atoms with Crippen molar-refractivity contribution in [3.8, 4) is 17.2 Å². The molecule has 0 saturated heterocycles. The van der Waals surface area contributed by atoms with Crippen LogP contribution in [0.5, 0.6) is 0 Å². The van der Waals surface area contributed by atoms with E-state index in [-0.39, 0.29) is 5.91 Å². The molecule has 1 aromatic heterocycles. The zero-order valence-corrected chi connectivity index (χ0v) is 16.1. The Bertz CT molecular complexity index is 1100. The van der Waals surface area contributed by atoms with E-state index in [1.54, 1.807) is 12.1 Å². The van der Waals surface area contributed by atoms with Gasteiger partial charge >= 0.3 is 0 Å². The van der Waals surface area contributed by atoms with Crippen molar-refractivity contribution in [1.82, 2.24) is 5.16 Å². The van der Waals surface area contributed by atoms with E-state index in [1.165, 1.54) is 6.92 Å². The van der Waals surface area contributed by atoms with Gasteiger partial charge in [0.05, 0.1) is 28.6 Å². The predicted octanol–water partition coefficient (Wildman–Crippen LogP) is 4.02. The maximum Gasteiger partial charge on any atom is 0.214 e. The highest BCUT2D eigenvalue weighted by Gasteiger charge is 2.24. The molecule has 0 radical (unpaired) electrons. The topological polar surface area (TPSA) is 105 Å². The van der Waals surface area contributed by atoms with Gasteiger partial charge in [-0.25, -0.2) is 0 Å². The van der Waals surface area contributed by atoms with E-state index >= 15 is 0 Å². The number of halogens is 1. The molecule has 4 rings (SSSR count). The Kier molecular flexibility index (Phi) is 5.57. The van der Waals surface area contributed by atoms with Gasteiger partial charge in [0.1, 0.15) is 6.54 Å². The number of fused-ring (bicyclic) bond motifs is 3. The van der Waals surface area contributed by atoms with Crippen molar-refractivity contribution in [2.45, 2.75) is 20.4 Å². The number of nitrogens with zero attached hydrogens (tertiary/aromatic N) is 3. The normalized spacial score (nSPS) is 11.7. The molecule has 0 spiro atoms. The molecule has 28 heavy (non-hydrogen) atoms. The van der Waals surface area contributed by atoms with Gasteiger partial charge in [0.15, 0.2) is 5.76 Å². The predicted molar refractivity (Wildman–Crippen MR) is 107 cm³/mol. The summed E-state index contributed by atoms with van der Waals surface area (Å²) in [6.45, 7) is 3.64. The van der Waals surface area contributed by atoms with Crippen molar-refractivity contribution in [2.75, 3.05) is 0 Å². The fourth-order valence-electron chi connectivity index (χ4n) is 2.99. The molecule has 0 saturated carbocycles. The largest absolute Gasteiger partial charge is 0.370 e. The average molecular weight is 393 g/mol. The number of hydrogen-bond acceptors (Lipinski definition) is 5. The van der Waals surface area contributed by atoms with Crippen LogP contribution in [0.3, 0.4) is 0 Å². The van der Waals surface area contributed by atoms with E-state index in [4.69, 9.17) is 26.4 Å². The standard InChI is InChI=1S/C19H12ClN3O.C2H5NO/c1-11-18-15-7-6-14(20)8-16(15)19(22-10-17(18)24-23-11)13-4-2-12(9-21)3-5-13;1-2(3)4/h2-8H,10H2,1H3;1H3,(H2,3,4). The SMILES string of the molecule is CC(N)=O.Cc1noc2c1-c1ccc(Cl)cc1C(c1ccc(C#N)cc1)=NC2. The molecular weight excluding hydrogens is 376 g/mol. The molecule has 0 aliphatic carbocycles. The smallest absolute Gasteiger partial charge is 0.214 e. The molecule has 0 fully saturated rings. The van der Waals surface area contributed by atoms with Crippen LogP contribution < -0.4 is 5.73 Å². The van der Waals surface area contributed by atoms with Gasteiger partial charge in [0.2, 0.25) is 5.91 Å². The third kappa shape index (κ3) is 3.95. The van der Waals surface area contributed by atoms with Crippen molar-refractivity contribution < 1.29 is 9.32 Å². The first kappa shape index (κ1) is 19.3. The van der Waals surface area contributed by atoms with Gasteiger partial charge < -0.3 is 10.3 Å². The maximum atomic E-state index is 9.22. The number of carbonyl (C=O) groups is 1. The number of aryl methyl sites for hydroxylation is 1. The molecule has 2 N–H and O–H groups in total. The number of aliphatic imine (C=N–C) groups is 1. The Morgan fingerprint density at radius 3 is 2.54 bits per heavy atom. The number of nitriles is 1. The summed E-state index contributed by atoms with van der Waals surface area (Å²) in [5.74, 6) is 0.416. The maximum absolute atomic E-state index is 9.22. The summed E-state index contributed by atoms with van der Waals surface area (Å²) < 4.78 is 5.44. The van der Waals surface area contributed by atoms with Gasteiger partial charge in [0, 0.05) is 23.1 Å². The summed E-state index contributed by atoms with van der Waals surface area (Å²) in [7, 11) is 0. The number of amides is 1. The highest BCUT2D eigenvalue weighted by molar-refractivity contribution is 6.31. The number of carbonyl (C=O) groups excluding carboxylic acids is 1. The molecule has 7 heteroatoms. The number of benzene rings is 2. The average Bonchev–Trinajstić information content (AvgIpc) is 2.94. The Labute approximate surface area is 167 Å². The van der Waals surface area contributed by atoms with Crippen molar-refractivity contribution in [3.63, 3.8) is 0 Å². The second kappa shape index (κ2) is 8.07. The monoisotopic (exact) mass is 392 g/mol. The zero-order valence-electron chi connectivity index (χ0n) is 15.4. The van der Waals surface area contributed by atoms with Crippen LogP contribution in [-0.4, -0.2) is 16.8 Å². The molecular formula is C21H17ClN4O2. The number of rotatable bonds is 1. The lowest BCUT2D eigenvalue weighted by Gasteiger charge is -2.11. The minimum absolute atomic E-state index is 0.333. The molecule has 1 amide bonds. The van der Waals surface area contributed by atoms with Gasteiger partial charge in [-0.3, -0.25) is 9.79 Å². The fraction of sp³-hybridized carbons (Fsp3) is 0.143. The van der Waals surface area contributed by atoms with Gasteiger partial charge in [-0.2, -0.15) is 5.26 Å². The van der Waals surface area contributed by atoms with E-state index in [1.807, 2.05) is 37.3 Å². The van der Waals surface area contributed by atoms with Crippen LogP contribution in [0.4, 0.5) is 0 Å². The Morgan fingerprint density at radius 2 is 1.89 bits per heavy atom. The van der Waals surface area contributed by atoms with E-state index in [9.17, 15) is 4.79 Å². The first-order chi connectivity index (χ1) is 13.4. The van der Waals surface area contributed by atoms with Crippen molar-refractivity contribution in [1.29, 1.82) is 5.26 Å². The van der Waals surface area contributed by atoms with E-state index in [0.29, 0.717) is 17.1 Å². The molecule has 2 heterocycles. The summed E-state index contributed by atoms with van der Waals surface area (Å²) in [6.07, 6.45) is 0. The molecule has 2 aromatic carbocycles. The first-order valence-electron chi connectivity index (χ1n) is 8.47. The number of hydrogen-bond donors (Lipinski definition) is 1. The molecule has 0 bridgehead atoms. The third-order valence-electron chi connectivity index (χ3n) is 4.11. The molecule has 1 aliphatic heterocycles. The zero-order chi connectivity index (χ0) is 20.3. The fourth-order valence-corrected chi connectivity index (χ4v) is 3.16. The molecule has 6 nitrogen and oxygen atoms in total. The molecule has 3 aromatic rings. The van der Waals surface area contributed by atoms with Crippen LogP contribution in [0.25, 0.3) is 11.1 Å². The van der Waals surface area contributed by atoms with E-state index in [2.05, 4.69) is 17.0 Å². The lowest BCUT2D eigenvalue weighted by molar-refractivity contribution is -0.115. The number of primary amides is 1. The highest BCUT2D eigenvalue weighted by atomic mass is 35.5. The second-order valence-electron chi connectivity index (χ2n) is 6.22. The lowest BCUT2D eigenvalue weighted by Crippen LogP contribution is -2.05. The third-order valence-corrected chi connectivity index (χ3v) is 4.34. The lowest BCUT2D eigenvalue weighted by atomic mass is 9.93. The van der Waals surface area contributed by atoms with Crippen molar-refractivity contribution in [2.24, 2.45) is 10.7 Å². The van der Waals surface area contributed by atoms with Crippen LogP contribution in [0.1, 0.15) is 35.1 Å². The van der Waals surface area contributed by atoms with E-state index < -0.39 is 0 Å². The van der Waals surface area contributed by atoms with Crippen molar-refractivity contribution in [3.05, 3.63) is 75.6 Å². The minimum atomic E-state index is -0.333. The van der Waals surface area contributed by atoms with Crippen LogP contribution in [0.15, 0.2) is 52.0 Å². The quantitative estimate of drug-likeness (QED) is 0.675. The van der Waals surface area contributed by atoms with Crippen molar-refractivity contribution >= 4 is 23.2 Å². The summed E-state index contributed by atoms with van der Waals surface area (Å²) in [5.41, 5.74) is 10.6. The number of nitrogens with two attached hydrogens (primary N) is 1. The highest BCUT2D eigenvalue weighted by Crippen LogP contribution is 2.36. The summed E-state index contributed by atoms with van der Waals surface area (Å²) in [6, 6.07) is 15.3. The molecule has 1 aliphatic rings. The van der Waals surface area contributed by atoms with Crippen LogP contribution in [-0.2, 0) is 11.3 Å². The Balaban J connectivity index is 0.000000516. The summed E-state index contributed by atoms with van der Waals surface area (Å²) in [5, 5.41) is 13.7. The first-order valence-corrected chi connectivity index (χ1v) is 8.85. The molecule has 0 unspecified atom stereocenters. The van der Waals surface area contributed by atoms with Gasteiger partial charge in [-0.1, -0.05) is 35.0 Å². The Morgan fingerprint density at radius 1 is 1.21 bits per heavy atom.